The van der Waals surface area contributed by atoms with Gasteiger partial charge in [0.15, 0.2) is 5.69 Å². The monoisotopic (exact) mass is 281 g/mol. The topological polar surface area (TPSA) is 71.8 Å². The fourth-order valence-corrected chi connectivity index (χ4v) is 1.39. The Kier molecular flexibility index (Phi) is 3.69. The van der Waals surface area contributed by atoms with Crippen molar-refractivity contribution in [3.05, 3.63) is 11.9 Å². The molecular weight excluding hydrogens is 270 g/mol. The zero-order valence-corrected chi connectivity index (χ0v) is 9.62. The van der Waals surface area contributed by atoms with Crippen LogP contribution < -0.4 is 10.6 Å². The van der Waals surface area contributed by atoms with Crippen molar-refractivity contribution in [1.82, 2.24) is 25.6 Å². The molecule has 106 valence electrons. The number of nitrogens with one attached hydrogen (secondary N) is 2. The molecule has 1 aliphatic heterocycles. The van der Waals surface area contributed by atoms with Gasteiger partial charge in [-0.3, -0.25) is 4.79 Å². The van der Waals surface area contributed by atoms with Crippen molar-refractivity contribution >= 4 is 5.91 Å². The van der Waals surface area contributed by atoms with Gasteiger partial charge in [-0.2, -0.15) is 8.78 Å². The lowest BCUT2D eigenvalue weighted by atomic mass is 10.2. The fourth-order valence-electron chi connectivity index (χ4n) is 1.39. The smallest absolute Gasteiger partial charge is 0.324 e. The molecule has 1 aromatic heterocycles. The second-order valence-electron chi connectivity index (χ2n) is 4.14. The van der Waals surface area contributed by atoms with E-state index in [4.69, 9.17) is 0 Å². The molecule has 1 aromatic rings. The molecule has 1 amide bonds. The van der Waals surface area contributed by atoms with E-state index in [1.165, 1.54) is 10.9 Å². The van der Waals surface area contributed by atoms with Gasteiger partial charge < -0.3 is 10.6 Å². The summed E-state index contributed by atoms with van der Waals surface area (Å²) in [7, 11) is 0. The minimum Gasteiger partial charge on any atom is -0.344 e. The van der Waals surface area contributed by atoms with Crippen LogP contribution in [0.5, 0.6) is 0 Å². The second-order valence-corrected chi connectivity index (χ2v) is 4.14. The molecule has 10 heteroatoms. The van der Waals surface area contributed by atoms with Crippen LogP contribution in [-0.2, 0) is 0 Å². The molecule has 6 nitrogen and oxygen atoms in total. The molecule has 0 saturated carbocycles. The number of aromatic nitrogens is 3. The Morgan fingerprint density at radius 2 is 2.26 bits per heavy atom. The number of carbonyl (C=O) groups is 1. The Bertz CT molecular complexity index is 459. The maximum atomic E-state index is 12.6. The van der Waals surface area contributed by atoms with Crippen LogP contribution >= 0.6 is 0 Å². The van der Waals surface area contributed by atoms with Gasteiger partial charge in [-0.05, 0) is 0 Å². The second kappa shape index (κ2) is 5.11. The van der Waals surface area contributed by atoms with Gasteiger partial charge in [-0.1, -0.05) is 5.21 Å². The lowest BCUT2D eigenvalue weighted by Crippen LogP contribution is -2.43. The highest BCUT2D eigenvalue weighted by Gasteiger charge is 2.41. The first kappa shape index (κ1) is 13.7. The van der Waals surface area contributed by atoms with E-state index in [1.54, 1.807) is 5.32 Å². The molecule has 0 radical (unpaired) electrons. The van der Waals surface area contributed by atoms with E-state index in [2.05, 4.69) is 15.6 Å². The van der Waals surface area contributed by atoms with Crippen LogP contribution in [0.15, 0.2) is 6.20 Å². The van der Waals surface area contributed by atoms with Crippen molar-refractivity contribution in [2.45, 2.75) is 18.4 Å². The lowest BCUT2D eigenvalue weighted by molar-refractivity contribution is -0.123. The summed E-state index contributed by atoms with van der Waals surface area (Å²) in [6.45, 7) is -0.0942. The zero-order chi connectivity index (χ0) is 14.0. The van der Waals surface area contributed by atoms with Crippen LogP contribution in [0.1, 0.15) is 16.5 Å². The molecule has 0 aliphatic carbocycles. The van der Waals surface area contributed by atoms with Crippen LogP contribution in [0.25, 0.3) is 0 Å². The van der Waals surface area contributed by atoms with Gasteiger partial charge in [0.2, 0.25) is 0 Å². The maximum Gasteiger partial charge on any atom is 0.324 e. The van der Waals surface area contributed by atoms with Gasteiger partial charge in [0.1, 0.15) is 0 Å². The number of alkyl halides is 4. The molecule has 19 heavy (non-hydrogen) atoms. The van der Waals surface area contributed by atoms with E-state index in [1.807, 2.05) is 0 Å². The third-order valence-electron chi connectivity index (χ3n) is 2.68. The number of rotatable bonds is 5. The number of hydrogen-bond acceptors (Lipinski definition) is 4. The largest absolute Gasteiger partial charge is 0.344 e. The third kappa shape index (κ3) is 3.00. The van der Waals surface area contributed by atoms with E-state index < -0.39 is 24.8 Å². The number of carbonyl (C=O) groups excluding carboxylic acids is 1. The highest BCUT2D eigenvalue weighted by atomic mass is 19.3. The minimum absolute atomic E-state index is 0.0663. The van der Waals surface area contributed by atoms with Crippen LogP contribution in [0.3, 0.4) is 0 Å². The van der Waals surface area contributed by atoms with E-state index in [9.17, 15) is 22.4 Å². The third-order valence-corrected chi connectivity index (χ3v) is 2.68. The van der Waals surface area contributed by atoms with Gasteiger partial charge in [0, 0.05) is 13.1 Å². The van der Waals surface area contributed by atoms with Gasteiger partial charge in [0.25, 0.3) is 5.91 Å². The van der Waals surface area contributed by atoms with Crippen molar-refractivity contribution in [3.8, 4) is 0 Å². The summed E-state index contributed by atoms with van der Waals surface area (Å²) >= 11 is 0. The Balaban J connectivity index is 1.91. The fraction of sp³-hybridized carbons (Fsp3) is 0.667. The normalized spacial score (nSPS) is 16.5. The van der Waals surface area contributed by atoms with Gasteiger partial charge in [-0.15, -0.1) is 5.10 Å². The average molecular weight is 281 g/mol. The molecule has 2 N–H and O–H groups in total. The van der Waals surface area contributed by atoms with E-state index in [0.717, 1.165) is 0 Å². The van der Waals surface area contributed by atoms with Crippen LogP contribution in [-0.4, -0.2) is 52.9 Å². The first-order valence-corrected chi connectivity index (χ1v) is 5.47. The maximum absolute atomic E-state index is 12.6. The zero-order valence-electron chi connectivity index (χ0n) is 9.62. The first-order chi connectivity index (χ1) is 8.90. The Morgan fingerprint density at radius 1 is 1.58 bits per heavy atom. The summed E-state index contributed by atoms with van der Waals surface area (Å²) < 4.78 is 50.4. The summed E-state index contributed by atoms with van der Waals surface area (Å²) in [5, 5.41) is 11.9. The summed E-state index contributed by atoms with van der Waals surface area (Å²) in [5.41, 5.74) is -0.183. The van der Waals surface area contributed by atoms with Gasteiger partial charge in [0.05, 0.1) is 18.8 Å². The number of nitrogens with zero attached hydrogens (tertiary/aromatic N) is 3. The molecule has 2 rings (SSSR count). The summed E-state index contributed by atoms with van der Waals surface area (Å²) in [5.74, 6) is -5.22. The molecule has 0 bridgehead atoms. The lowest BCUT2D eigenvalue weighted by Gasteiger charge is -2.26. The molecule has 1 fully saturated rings. The molecule has 1 aliphatic rings. The summed E-state index contributed by atoms with van der Waals surface area (Å²) in [6.07, 6.45) is -2.54. The Morgan fingerprint density at radius 3 is 2.79 bits per heavy atom. The molecule has 0 spiro atoms. The van der Waals surface area contributed by atoms with Crippen LogP contribution in [0.4, 0.5) is 17.6 Å². The number of amides is 1. The number of halogens is 4. The predicted octanol–water partition coefficient (Wildman–Crippen LogP) is 0.0526. The SMILES string of the molecule is O=C(NCC(F)(F)C(F)F)c1cn(C2CNC2)nn1. The van der Waals surface area contributed by atoms with Crippen molar-refractivity contribution in [2.24, 2.45) is 0 Å². The molecule has 2 heterocycles. The average Bonchev–Trinajstić information content (AvgIpc) is 2.72. The van der Waals surface area contributed by atoms with Gasteiger partial charge in [-0.25, -0.2) is 13.5 Å². The van der Waals surface area contributed by atoms with Crippen molar-refractivity contribution in [1.29, 1.82) is 0 Å². The number of hydrogen-bond donors (Lipinski definition) is 2. The van der Waals surface area contributed by atoms with Gasteiger partial charge >= 0.3 is 12.3 Å². The van der Waals surface area contributed by atoms with Crippen molar-refractivity contribution in [2.75, 3.05) is 19.6 Å². The first-order valence-electron chi connectivity index (χ1n) is 5.47. The Labute approximate surface area is 105 Å². The van der Waals surface area contributed by atoms with Crippen LogP contribution in [0, 0.1) is 0 Å². The standard InChI is InChI=1S/C9H11F4N5O/c10-8(11)9(12,13)4-15-7(19)6-3-18(17-16-6)5-1-14-2-5/h3,5,8,14H,1-2,4H2,(H,15,19). The van der Waals surface area contributed by atoms with Crippen LogP contribution in [0.2, 0.25) is 0 Å². The molecule has 1 saturated heterocycles. The molecule has 0 atom stereocenters. The molecule has 0 unspecified atom stereocenters. The summed E-state index contributed by atoms with van der Waals surface area (Å²) in [4.78, 5) is 11.4. The highest BCUT2D eigenvalue weighted by Crippen LogP contribution is 2.21. The highest BCUT2D eigenvalue weighted by molar-refractivity contribution is 5.91. The van der Waals surface area contributed by atoms with E-state index >= 15 is 0 Å². The molecule has 0 aromatic carbocycles. The van der Waals surface area contributed by atoms with E-state index in [-0.39, 0.29) is 11.7 Å². The quantitative estimate of drug-likeness (QED) is 0.748. The summed E-state index contributed by atoms with van der Waals surface area (Å²) in [6, 6.07) is 0.0663. The molecular formula is C9H11F4N5O. The Hall–Kier alpha value is -1.71. The van der Waals surface area contributed by atoms with Crippen molar-refractivity contribution < 1.29 is 22.4 Å². The predicted molar refractivity (Wildman–Crippen MR) is 55.2 cm³/mol. The minimum atomic E-state index is -4.26. The van der Waals surface area contributed by atoms with Crippen molar-refractivity contribution in [3.63, 3.8) is 0 Å². The van der Waals surface area contributed by atoms with E-state index in [0.29, 0.717) is 13.1 Å².